The number of halogens is 1. The predicted molar refractivity (Wildman–Crippen MR) is 130 cm³/mol. The Bertz CT molecular complexity index is 1230. The van der Waals surface area contributed by atoms with Gasteiger partial charge in [-0.15, -0.1) is 0 Å². The third-order valence-corrected chi connectivity index (χ3v) is 5.77. The number of aromatic hydroxyl groups is 1. The maximum Gasteiger partial charge on any atom is 0.242 e. The number of carbonyl (C=O) groups is 2. The zero-order valence-electron chi connectivity index (χ0n) is 18.9. The number of benzene rings is 2. The molecule has 2 bridgehead atoms. The van der Waals surface area contributed by atoms with Gasteiger partial charge in [-0.2, -0.15) is 0 Å². The monoisotopic (exact) mass is 483 g/mol. The Labute approximate surface area is 201 Å². The van der Waals surface area contributed by atoms with Crippen molar-refractivity contribution in [3.05, 3.63) is 47.2 Å². The Morgan fingerprint density at radius 2 is 2.00 bits per heavy atom. The van der Waals surface area contributed by atoms with Crippen LogP contribution in [0.1, 0.15) is 25.8 Å². The van der Waals surface area contributed by atoms with Crippen molar-refractivity contribution in [2.45, 2.75) is 32.7 Å². The van der Waals surface area contributed by atoms with E-state index in [1.54, 1.807) is 24.3 Å². The summed E-state index contributed by atoms with van der Waals surface area (Å²) >= 11 is 6.24. The Morgan fingerprint density at radius 1 is 1.18 bits per heavy atom. The maximum atomic E-state index is 12.9. The smallest absolute Gasteiger partial charge is 0.242 e. The van der Waals surface area contributed by atoms with E-state index in [1.807, 2.05) is 13.8 Å². The van der Waals surface area contributed by atoms with Gasteiger partial charge in [0.2, 0.25) is 11.8 Å². The molecular weight excluding hydrogens is 458 g/mol. The fraction of sp³-hybridized carbons (Fsp3) is 0.333. The lowest BCUT2D eigenvalue weighted by Gasteiger charge is -2.22. The molecule has 4 rings (SSSR count). The molecule has 0 radical (unpaired) electrons. The van der Waals surface area contributed by atoms with Crippen LogP contribution in [0, 0.1) is 5.92 Å². The highest BCUT2D eigenvalue weighted by molar-refractivity contribution is 6.31. The van der Waals surface area contributed by atoms with Gasteiger partial charge in [0.25, 0.3) is 0 Å². The van der Waals surface area contributed by atoms with Gasteiger partial charge in [0.05, 0.1) is 18.5 Å². The van der Waals surface area contributed by atoms with Crippen LogP contribution in [0.5, 0.6) is 11.5 Å². The van der Waals surface area contributed by atoms with Gasteiger partial charge in [-0.1, -0.05) is 31.5 Å². The van der Waals surface area contributed by atoms with Gasteiger partial charge in [-0.05, 0) is 36.1 Å². The molecule has 0 spiro atoms. The molecule has 4 N–H and O–H groups in total. The summed E-state index contributed by atoms with van der Waals surface area (Å²) in [5, 5.41) is 20.4. The number of nitrogens with one attached hydrogen (secondary N) is 3. The summed E-state index contributed by atoms with van der Waals surface area (Å²) in [5.74, 6) is 0.0694. The number of aromatic nitrogens is 2. The molecule has 2 amide bonds. The SMILES string of the molecule is CC(C)[C@@H]1NC(=O)Cc2ccc(Cl)cc2Nc2ncnc3cc(O)c(cc23)OCCCNC1=O. The van der Waals surface area contributed by atoms with E-state index < -0.39 is 6.04 Å². The first-order chi connectivity index (χ1) is 16.3. The van der Waals surface area contributed by atoms with Crippen LogP contribution in [0.15, 0.2) is 36.7 Å². The van der Waals surface area contributed by atoms with Crippen LogP contribution >= 0.6 is 11.6 Å². The topological polar surface area (TPSA) is 125 Å². The molecule has 9 nitrogen and oxygen atoms in total. The minimum absolute atomic E-state index is 0.0359. The van der Waals surface area contributed by atoms with Crippen molar-refractivity contribution >= 4 is 45.8 Å². The third-order valence-electron chi connectivity index (χ3n) is 5.54. The molecule has 1 aliphatic rings. The molecule has 0 saturated heterocycles. The van der Waals surface area contributed by atoms with E-state index in [0.717, 1.165) is 0 Å². The number of phenols is 1. The molecule has 34 heavy (non-hydrogen) atoms. The largest absolute Gasteiger partial charge is 0.504 e. The molecule has 10 heteroatoms. The lowest BCUT2D eigenvalue weighted by molar-refractivity contribution is -0.129. The third kappa shape index (κ3) is 5.31. The van der Waals surface area contributed by atoms with Crippen LogP contribution < -0.4 is 20.7 Å². The summed E-state index contributed by atoms with van der Waals surface area (Å²) in [6.45, 7) is 4.39. The highest BCUT2D eigenvalue weighted by Gasteiger charge is 2.24. The summed E-state index contributed by atoms with van der Waals surface area (Å²) in [7, 11) is 0. The van der Waals surface area contributed by atoms with Gasteiger partial charge in [-0.3, -0.25) is 9.59 Å². The molecule has 1 aliphatic heterocycles. The quantitative estimate of drug-likeness (QED) is 0.418. The number of hydrogen-bond donors (Lipinski definition) is 4. The van der Waals surface area contributed by atoms with E-state index in [-0.39, 0.29) is 42.3 Å². The van der Waals surface area contributed by atoms with Crippen molar-refractivity contribution < 1.29 is 19.4 Å². The van der Waals surface area contributed by atoms with Crippen molar-refractivity contribution in [3.63, 3.8) is 0 Å². The van der Waals surface area contributed by atoms with E-state index in [1.165, 1.54) is 12.4 Å². The lowest BCUT2D eigenvalue weighted by atomic mass is 10.0. The number of ether oxygens (including phenoxy) is 1. The van der Waals surface area contributed by atoms with Crippen molar-refractivity contribution in [1.82, 2.24) is 20.6 Å². The van der Waals surface area contributed by atoms with E-state index in [9.17, 15) is 14.7 Å². The van der Waals surface area contributed by atoms with Gasteiger partial charge >= 0.3 is 0 Å². The molecule has 2 aromatic carbocycles. The van der Waals surface area contributed by atoms with Crippen LogP contribution in [0.2, 0.25) is 5.02 Å². The first-order valence-corrected chi connectivity index (χ1v) is 11.4. The Hall–Kier alpha value is -3.59. The Morgan fingerprint density at radius 3 is 2.79 bits per heavy atom. The number of rotatable bonds is 1. The van der Waals surface area contributed by atoms with Crippen LogP contribution in [0.25, 0.3) is 10.9 Å². The van der Waals surface area contributed by atoms with E-state index in [0.29, 0.717) is 46.0 Å². The second-order valence-electron chi connectivity index (χ2n) is 8.44. The molecule has 0 saturated carbocycles. The summed E-state index contributed by atoms with van der Waals surface area (Å²) in [5.41, 5.74) is 1.79. The average molecular weight is 484 g/mol. The van der Waals surface area contributed by atoms with Crippen molar-refractivity contribution in [2.75, 3.05) is 18.5 Å². The first kappa shape index (κ1) is 23.6. The Balaban J connectivity index is 1.76. The minimum Gasteiger partial charge on any atom is -0.504 e. The first-order valence-electron chi connectivity index (χ1n) is 11.0. The van der Waals surface area contributed by atoms with Crippen LogP contribution in [-0.2, 0) is 16.0 Å². The van der Waals surface area contributed by atoms with Gasteiger partial charge in [0.1, 0.15) is 18.2 Å². The van der Waals surface area contributed by atoms with Crippen LogP contribution in [0.4, 0.5) is 11.5 Å². The number of fused-ring (bicyclic) bond motifs is 2. The summed E-state index contributed by atoms with van der Waals surface area (Å²) < 4.78 is 5.76. The second kappa shape index (κ2) is 10.1. The van der Waals surface area contributed by atoms with Crippen LogP contribution in [-0.4, -0.2) is 46.1 Å². The number of amides is 2. The molecule has 2 heterocycles. The molecule has 3 aromatic rings. The molecule has 1 atom stereocenters. The molecular formula is C24H26ClN5O4. The van der Waals surface area contributed by atoms with Gasteiger partial charge in [0, 0.05) is 28.7 Å². The zero-order valence-corrected chi connectivity index (χ0v) is 19.6. The number of phenolic OH excluding ortho intramolecular Hbond substituents is 1. The highest BCUT2D eigenvalue weighted by atomic mass is 35.5. The second-order valence-corrected chi connectivity index (χ2v) is 8.88. The van der Waals surface area contributed by atoms with Crippen LogP contribution in [0.3, 0.4) is 0 Å². The lowest BCUT2D eigenvalue weighted by Crippen LogP contribution is -2.50. The van der Waals surface area contributed by atoms with Gasteiger partial charge in [-0.25, -0.2) is 9.97 Å². The number of carbonyl (C=O) groups excluding carboxylic acids is 2. The maximum absolute atomic E-state index is 12.9. The highest BCUT2D eigenvalue weighted by Crippen LogP contribution is 2.35. The number of nitrogens with zero attached hydrogens (tertiary/aromatic N) is 2. The fourth-order valence-corrected chi connectivity index (χ4v) is 3.91. The average Bonchev–Trinajstić information content (AvgIpc) is 2.79. The summed E-state index contributed by atoms with van der Waals surface area (Å²) in [4.78, 5) is 34.2. The molecule has 178 valence electrons. The van der Waals surface area contributed by atoms with Crippen molar-refractivity contribution in [2.24, 2.45) is 5.92 Å². The van der Waals surface area contributed by atoms with Crippen molar-refractivity contribution in [1.29, 1.82) is 0 Å². The van der Waals surface area contributed by atoms with E-state index in [4.69, 9.17) is 16.3 Å². The number of hydrogen-bond acceptors (Lipinski definition) is 7. The predicted octanol–water partition coefficient (Wildman–Crippen LogP) is 3.31. The summed E-state index contributed by atoms with van der Waals surface area (Å²) in [6, 6.07) is 7.66. The van der Waals surface area contributed by atoms with Gasteiger partial charge in [0.15, 0.2) is 11.5 Å². The van der Waals surface area contributed by atoms with Gasteiger partial charge < -0.3 is 25.8 Å². The van der Waals surface area contributed by atoms with E-state index >= 15 is 0 Å². The Kier molecular flexibility index (Phi) is 7.02. The van der Waals surface area contributed by atoms with Crippen molar-refractivity contribution in [3.8, 4) is 11.5 Å². The molecule has 0 aliphatic carbocycles. The zero-order chi connectivity index (χ0) is 24.2. The fourth-order valence-electron chi connectivity index (χ4n) is 3.74. The molecule has 0 fully saturated rings. The molecule has 0 unspecified atom stereocenters. The van der Waals surface area contributed by atoms with E-state index in [2.05, 4.69) is 25.9 Å². The standard InChI is InChI=1S/C24H26ClN5O4/c1-13(2)22-24(33)26-6-3-7-34-20-10-16-18(11-19(20)31)27-12-28-23(16)29-17-9-15(25)5-4-14(17)8-21(32)30-22/h4-5,9-13,22,31H,3,6-8H2,1-2H3,(H,26,33)(H,30,32)(H,27,28,29)/t22-/m0/s1. The number of anilines is 2. The minimum atomic E-state index is -0.673. The summed E-state index contributed by atoms with van der Waals surface area (Å²) in [6.07, 6.45) is 1.94. The normalized spacial score (nSPS) is 17.4. The molecule has 1 aromatic heterocycles.